The van der Waals surface area contributed by atoms with E-state index in [1.54, 1.807) is 11.8 Å². The van der Waals surface area contributed by atoms with Gasteiger partial charge in [0.25, 0.3) is 0 Å². The van der Waals surface area contributed by atoms with Crippen molar-refractivity contribution in [3.8, 4) is 0 Å². The second-order valence-electron chi connectivity index (χ2n) is 1.91. The average molecular weight is 131 g/mol. The zero-order valence-electron chi connectivity index (χ0n) is 5.42. The first kappa shape index (κ1) is 8.05. The molecular formula is C6H13NS. The Hall–Kier alpha value is 0.0500. The van der Waals surface area contributed by atoms with E-state index in [0.29, 0.717) is 11.8 Å². The number of thioether (sulfide) groups is 1. The van der Waals surface area contributed by atoms with Gasteiger partial charge in [0, 0.05) is 5.88 Å². The molecule has 0 aliphatic heterocycles. The lowest BCUT2D eigenvalue weighted by molar-refractivity contribution is 0.834. The molecule has 0 aromatic carbocycles. The summed E-state index contributed by atoms with van der Waals surface area (Å²) in [5.74, 6) is 1.33. The highest BCUT2D eigenvalue weighted by molar-refractivity contribution is 8.02. The van der Waals surface area contributed by atoms with Crippen LogP contribution in [0, 0.1) is 5.92 Å². The van der Waals surface area contributed by atoms with E-state index in [1.165, 1.54) is 0 Å². The SMILES string of the molecule is CC(C)/C=C\SCN. The van der Waals surface area contributed by atoms with Gasteiger partial charge < -0.3 is 5.73 Å². The van der Waals surface area contributed by atoms with Crippen LogP contribution in [-0.4, -0.2) is 5.88 Å². The van der Waals surface area contributed by atoms with Gasteiger partial charge in [-0.1, -0.05) is 19.9 Å². The minimum Gasteiger partial charge on any atom is -0.322 e. The summed E-state index contributed by atoms with van der Waals surface area (Å²) in [6.45, 7) is 4.29. The molecule has 0 unspecified atom stereocenters. The first-order chi connectivity index (χ1) is 3.77. The largest absolute Gasteiger partial charge is 0.322 e. The zero-order chi connectivity index (χ0) is 6.41. The predicted molar refractivity (Wildman–Crippen MR) is 40.6 cm³/mol. The second-order valence-corrected chi connectivity index (χ2v) is 2.84. The molecule has 0 spiro atoms. The van der Waals surface area contributed by atoms with Crippen molar-refractivity contribution >= 4 is 11.8 Å². The molecule has 0 amide bonds. The molecule has 0 saturated heterocycles. The summed E-state index contributed by atoms with van der Waals surface area (Å²) in [5.41, 5.74) is 5.23. The van der Waals surface area contributed by atoms with Crippen molar-refractivity contribution < 1.29 is 0 Å². The molecule has 0 aliphatic carbocycles. The van der Waals surface area contributed by atoms with Crippen LogP contribution in [0.1, 0.15) is 13.8 Å². The second kappa shape index (κ2) is 5.19. The zero-order valence-corrected chi connectivity index (χ0v) is 6.24. The van der Waals surface area contributed by atoms with Crippen LogP contribution in [-0.2, 0) is 0 Å². The van der Waals surface area contributed by atoms with E-state index in [2.05, 4.69) is 19.9 Å². The fraction of sp³-hybridized carbons (Fsp3) is 0.667. The number of allylic oxidation sites excluding steroid dienone is 1. The van der Waals surface area contributed by atoms with Gasteiger partial charge in [0.1, 0.15) is 0 Å². The summed E-state index contributed by atoms with van der Waals surface area (Å²) in [6.07, 6.45) is 2.14. The summed E-state index contributed by atoms with van der Waals surface area (Å²) in [4.78, 5) is 0. The Morgan fingerprint density at radius 1 is 1.62 bits per heavy atom. The molecule has 8 heavy (non-hydrogen) atoms. The van der Waals surface area contributed by atoms with Crippen LogP contribution in [0.2, 0.25) is 0 Å². The van der Waals surface area contributed by atoms with Crippen LogP contribution in [0.15, 0.2) is 11.5 Å². The average Bonchev–Trinajstić information content (AvgIpc) is 1.66. The van der Waals surface area contributed by atoms with Gasteiger partial charge in [-0.3, -0.25) is 0 Å². The normalized spacial score (nSPS) is 11.5. The maximum absolute atomic E-state index is 5.23. The van der Waals surface area contributed by atoms with Gasteiger partial charge in [-0.2, -0.15) is 0 Å². The van der Waals surface area contributed by atoms with Gasteiger partial charge in [0.05, 0.1) is 0 Å². The first-order valence-corrected chi connectivity index (χ1v) is 3.80. The van der Waals surface area contributed by atoms with E-state index < -0.39 is 0 Å². The fourth-order valence-corrected chi connectivity index (χ4v) is 0.805. The topological polar surface area (TPSA) is 26.0 Å². The van der Waals surface area contributed by atoms with Gasteiger partial charge in [-0.05, 0) is 11.3 Å². The summed E-state index contributed by atoms with van der Waals surface area (Å²) >= 11 is 1.63. The van der Waals surface area contributed by atoms with Crippen molar-refractivity contribution in [1.29, 1.82) is 0 Å². The minimum atomic E-state index is 0.647. The van der Waals surface area contributed by atoms with Crippen molar-refractivity contribution in [1.82, 2.24) is 0 Å². The third kappa shape index (κ3) is 6.05. The van der Waals surface area contributed by atoms with Gasteiger partial charge in [-0.25, -0.2) is 0 Å². The first-order valence-electron chi connectivity index (χ1n) is 2.75. The van der Waals surface area contributed by atoms with Crippen molar-refractivity contribution in [3.63, 3.8) is 0 Å². The Bertz CT molecular complexity index is 68.9. The molecule has 2 N–H and O–H groups in total. The van der Waals surface area contributed by atoms with Gasteiger partial charge in [-0.15, -0.1) is 11.8 Å². The van der Waals surface area contributed by atoms with Gasteiger partial charge >= 0.3 is 0 Å². The predicted octanol–water partition coefficient (Wildman–Crippen LogP) is 1.81. The third-order valence-corrected chi connectivity index (χ3v) is 1.20. The monoisotopic (exact) mass is 131 g/mol. The maximum Gasteiger partial charge on any atom is 0.0434 e. The Labute approximate surface area is 55.3 Å². The van der Waals surface area contributed by atoms with Crippen molar-refractivity contribution in [3.05, 3.63) is 11.5 Å². The number of rotatable bonds is 3. The summed E-state index contributed by atoms with van der Waals surface area (Å²) in [7, 11) is 0. The van der Waals surface area contributed by atoms with E-state index in [9.17, 15) is 0 Å². The van der Waals surface area contributed by atoms with Crippen molar-refractivity contribution in [2.45, 2.75) is 13.8 Å². The van der Waals surface area contributed by atoms with Gasteiger partial charge in [0.2, 0.25) is 0 Å². The lowest BCUT2D eigenvalue weighted by Gasteiger charge is -1.90. The minimum absolute atomic E-state index is 0.647. The lowest BCUT2D eigenvalue weighted by atomic mass is 10.2. The molecule has 0 radical (unpaired) electrons. The Morgan fingerprint density at radius 2 is 2.25 bits per heavy atom. The molecule has 0 aromatic rings. The third-order valence-electron chi connectivity index (χ3n) is 0.656. The summed E-state index contributed by atoms with van der Waals surface area (Å²) < 4.78 is 0. The van der Waals surface area contributed by atoms with E-state index in [1.807, 2.05) is 5.41 Å². The van der Waals surface area contributed by atoms with Crippen LogP contribution in [0.25, 0.3) is 0 Å². The quantitative estimate of drug-likeness (QED) is 0.591. The summed E-state index contributed by atoms with van der Waals surface area (Å²) in [6, 6.07) is 0. The molecule has 0 aromatic heterocycles. The van der Waals surface area contributed by atoms with Crippen LogP contribution in [0.3, 0.4) is 0 Å². The van der Waals surface area contributed by atoms with Gasteiger partial charge in [0.15, 0.2) is 0 Å². The van der Waals surface area contributed by atoms with Crippen molar-refractivity contribution in [2.75, 3.05) is 5.88 Å². The highest BCUT2D eigenvalue weighted by atomic mass is 32.2. The van der Waals surface area contributed by atoms with Crippen molar-refractivity contribution in [2.24, 2.45) is 11.7 Å². The molecule has 0 heterocycles. The van der Waals surface area contributed by atoms with E-state index in [-0.39, 0.29) is 0 Å². The Kier molecular flexibility index (Phi) is 5.22. The maximum atomic E-state index is 5.23. The van der Waals surface area contributed by atoms with Crippen LogP contribution in [0.4, 0.5) is 0 Å². The fourth-order valence-electron chi connectivity index (χ4n) is 0.268. The lowest BCUT2D eigenvalue weighted by Crippen LogP contribution is -1.89. The highest BCUT2D eigenvalue weighted by Crippen LogP contribution is 2.01. The Morgan fingerprint density at radius 3 is 2.62 bits per heavy atom. The highest BCUT2D eigenvalue weighted by Gasteiger charge is 1.80. The molecule has 1 nitrogen and oxygen atoms in total. The summed E-state index contributed by atoms with van der Waals surface area (Å²) in [5, 5.41) is 2.05. The molecule has 0 bridgehead atoms. The number of hydrogen-bond acceptors (Lipinski definition) is 2. The molecule has 0 aliphatic rings. The molecule has 0 fully saturated rings. The Balaban J connectivity index is 3.07. The molecule has 0 rings (SSSR count). The number of hydrogen-bond donors (Lipinski definition) is 1. The molecule has 2 heteroatoms. The van der Waals surface area contributed by atoms with Crippen LogP contribution < -0.4 is 5.73 Å². The van der Waals surface area contributed by atoms with Crippen LogP contribution in [0.5, 0.6) is 0 Å². The molecular weight excluding hydrogens is 118 g/mol. The molecule has 0 saturated carbocycles. The molecule has 48 valence electrons. The standard InChI is InChI=1S/C6H13NS/c1-6(2)3-4-8-5-7/h3-4,6H,5,7H2,1-2H3/b4-3-. The smallest absolute Gasteiger partial charge is 0.0434 e. The molecule has 0 atom stereocenters. The number of nitrogens with two attached hydrogens (primary N) is 1. The van der Waals surface area contributed by atoms with E-state index in [0.717, 1.165) is 0 Å². The van der Waals surface area contributed by atoms with E-state index in [4.69, 9.17) is 5.73 Å². The van der Waals surface area contributed by atoms with Crippen LogP contribution >= 0.6 is 11.8 Å². The van der Waals surface area contributed by atoms with E-state index >= 15 is 0 Å².